The molecule has 0 saturated carbocycles. The van der Waals surface area contributed by atoms with Crippen LogP contribution in [0.2, 0.25) is 0 Å². The van der Waals surface area contributed by atoms with E-state index in [0.717, 1.165) is 0 Å². The lowest BCUT2D eigenvalue weighted by molar-refractivity contribution is -0.227. The molecule has 8 heteroatoms. The van der Waals surface area contributed by atoms with Gasteiger partial charge in [-0.25, -0.2) is 4.99 Å². The molecule has 0 aromatic carbocycles. The molecule has 1 unspecified atom stereocenters. The second kappa shape index (κ2) is 6.01. The summed E-state index contributed by atoms with van der Waals surface area (Å²) in [7, 11) is 0. The highest BCUT2D eigenvalue weighted by Gasteiger charge is 2.21. The molecule has 12 heavy (non-hydrogen) atoms. The maximum absolute atomic E-state index is 11.7. The molecule has 0 aliphatic carbocycles. The van der Waals surface area contributed by atoms with Crippen LogP contribution in [0.25, 0.3) is 0 Å². The minimum atomic E-state index is -1.66. The van der Waals surface area contributed by atoms with E-state index in [0.29, 0.717) is 0 Å². The summed E-state index contributed by atoms with van der Waals surface area (Å²) < 4.78 is 46.4. The first-order valence-corrected chi connectivity index (χ1v) is 3.22. The lowest BCUT2D eigenvalue weighted by atomic mass is 10.3. The molecular formula is C4H5F4N3S. The molecule has 0 saturated heterocycles. The molecule has 0 spiro atoms. The van der Waals surface area contributed by atoms with E-state index in [9.17, 15) is 17.9 Å². The van der Waals surface area contributed by atoms with E-state index in [1.165, 1.54) is 0 Å². The van der Waals surface area contributed by atoms with Gasteiger partial charge >= 0.3 is 0 Å². The third-order valence-electron chi connectivity index (χ3n) is 0.991. The van der Waals surface area contributed by atoms with Crippen LogP contribution in [0.3, 0.4) is 0 Å². The summed E-state index contributed by atoms with van der Waals surface area (Å²) in [5.41, 5.74) is 0. The highest BCUT2D eigenvalue weighted by Crippen LogP contribution is 2.05. The fourth-order valence-corrected chi connectivity index (χ4v) is 0.558. The van der Waals surface area contributed by atoms with Gasteiger partial charge in [-0.05, 0) is 12.2 Å². The third kappa shape index (κ3) is 5.14. The van der Waals surface area contributed by atoms with Crippen LogP contribution in [-0.2, 0) is 0 Å². The van der Waals surface area contributed by atoms with Crippen molar-refractivity contribution in [3.05, 3.63) is 0 Å². The molecule has 0 fully saturated rings. The number of nitrogens with zero attached hydrogens (tertiary/aromatic N) is 3. The Bertz CT molecular complexity index is 170. The van der Waals surface area contributed by atoms with Gasteiger partial charge in [-0.2, -0.15) is 0 Å². The van der Waals surface area contributed by atoms with Gasteiger partial charge in [0.25, 0.3) is 0 Å². The van der Waals surface area contributed by atoms with Gasteiger partial charge in [0.2, 0.25) is 0 Å². The van der Waals surface area contributed by atoms with Crippen molar-refractivity contribution in [1.29, 1.82) is 0 Å². The van der Waals surface area contributed by atoms with Crippen molar-refractivity contribution in [2.45, 2.75) is 6.04 Å². The molecule has 70 valence electrons. The number of halogens is 4. The molecular weight excluding hydrogens is 198 g/mol. The highest BCUT2D eigenvalue weighted by atomic mass is 32.1. The maximum Gasteiger partial charge on any atom is 0.111 e. The summed E-state index contributed by atoms with van der Waals surface area (Å²) in [5.74, 6) is 0. The average molecular weight is 203 g/mol. The molecule has 0 radical (unpaired) electrons. The van der Waals surface area contributed by atoms with Gasteiger partial charge in [-0.3, -0.25) is 0 Å². The third-order valence-corrected chi connectivity index (χ3v) is 1.12. The van der Waals surface area contributed by atoms with Crippen LogP contribution in [0.5, 0.6) is 0 Å². The molecule has 0 heterocycles. The van der Waals surface area contributed by atoms with Crippen LogP contribution < -0.4 is 0 Å². The van der Waals surface area contributed by atoms with Crippen molar-refractivity contribution >= 4 is 17.4 Å². The van der Waals surface area contributed by atoms with Gasteiger partial charge < -0.3 is 0 Å². The summed E-state index contributed by atoms with van der Waals surface area (Å²) >= 11 is 4.09. The number of isothiocyanates is 1. The average Bonchev–Trinajstić information content (AvgIpc) is 1.96. The number of thiocarbonyl (C=S) groups is 1. The lowest BCUT2D eigenvalue weighted by Gasteiger charge is -2.12. The normalized spacial score (nSPS) is 13.2. The molecule has 0 aromatic rings. The number of aliphatic imine (C=N–C) groups is 1. The summed E-state index contributed by atoms with van der Waals surface area (Å²) in [6, 6.07) is -1.66. The monoisotopic (exact) mass is 203 g/mol. The maximum atomic E-state index is 11.7. The van der Waals surface area contributed by atoms with Crippen LogP contribution in [0.1, 0.15) is 0 Å². The van der Waals surface area contributed by atoms with Gasteiger partial charge in [0, 0.05) is 10.7 Å². The highest BCUT2D eigenvalue weighted by molar-refractivity contribution is 7.78. The standard InChI is InChI=1S/C4H5F4N3S/c5-10(6)2-4(11(7)8)1-9-3-12/h4H,1-2H2. The first-order valence-electron chi connectivity index (χ1n) is 2.81. The Morgan fingerprint density at radius 3 is 2.25 bits per heavy atom. The van der Waals surface area contributed by atoms with Gasteiger partial charge in [0.15, 0.2) is 0 Å². The number of hydrogen-bond donors (Lipinski definition) is 0. The SMILES string of the molecule is FN(F)CC(CN=C=S)N(F)F. The van der Waals surface area contributed by atoms with Crippen molar-refractivity contribution in [2.75, 3.05) is 13.1 Å². The first kappa shape index (κ1) is 11.4. The zero-order valence-corrected chi connectivity index (χ0v) is 6.57. The quantitative estimate of drug-likeness (QED) is 0.293. The predicted molar refractivity (Wildman–Crippen MR) is 36.7 cm³/mol. The summed E-state index contributed by atoms with van der Waals surface area (Å²) in [4.78, 5) is 3.13. The van der Waals surface area contributed by atoms with Crippen molar-refractivity contribution in [3.8, 4) is 0 Å². The van der Waals surface area contributed by atoms with Crippen LogP contribution in [0.15, 0.2) is 4.99 Å². The van der Waals surface area contributed by atoms with E-state index in [1.807, 2.05) is 5.16 Å². The van der Waals surface area contributed by atoms with E-state index < -0.39 is 29.8 Å². The Morgan fingerprint density at radius 1 is 1.33 bits per heavy atom. The van der Waals surface area contributed by atoms with E-state index in [-0.39, 0.29) is 0 Å². The molecule has 0 aliphatic rings. The Labute approximate surface area is 71.0 Å². The Hall–Kier alpha value is -0.560. The van der Waals surface area contributed by atoms with Gasteiger partial charge in [-0.15, -0.1) is 17.9 Å². The van der Waals surface area contributed by atoms with Crippen molar-refractivity contribution in [3.63, 3.8) is 0 Å². The van der Waals surface area contributed by atoms with E-state index in [4.69, 9.17) is 0 Å². The first-order chi connectivity index (χ1) is 5.57. The minimum absolute atomic E-state index is 0.499. The van der Waals surface area contributed by atoms with Crippen LogP contribution >= 0.6 is 12.2 Å². The summed E-state index contributed by atoms with van der Waals surface area (Å²) in [6.07, 6.45) is 0. The Balaban J connectivity index is 3.94. The molecule has 0 amide bonds. The van der Waals surface area contributed by atoms with Crippen LogP contribution in [-0.4, -0.2) is 35.0 Å². The van der Waals surface area contributed by atoms with Crippen molar-refractivity contribution in [2.24, 2.45) is 4.99 Å². The zero-order valence-electron chi connectivity index (χ0n) is 5.75. The number of hydrogen-bond acceptors (Lipinski definition) is 4. The summed E-state index contributed by atoms with van der Waals surface area (Å²) in [6.45, 7) is -1.59. The Morgan fingerprint density at radius 2 is 1.92 bits per heavy atom. The molecule has 1 atom stereocenters. The molecule has 0 N–H and O–H groups in total. The molecule has 0 aromatic heterocycles. The van der Waals surface area contributed by atoms with Gasteiger partial charge in [-0.1, -0.05) is 0 Å². The topological polar surface area (TPSA) is 18.8 Å². The fraction of sp³-hybridized carbons (Fsp3) is 0.750. The number of rotatable bonds is 5. The fourth-order valence-electron chi connectivity index (χ4n) is 0.483. The van der Waals surface area contributed by atoms with E-state index >= 15 is 0 Å². The van der Waals surface area contributed by atoms with Crippen molar-refractivity contribution < 1.29 is 17.9 Å². The zero-order chi connectivity index (χ0) is 9.56. The predicted octanol–water partition coefficient (Wildman–Crippen LogP) is 1.60. The second-order valence-electron chi connectivity index (χ2n) is 1.83. The smallest absolute Gasteiger partial charge is 0.111 e. The minimum Gasteiger partial charge on any atom is -0.231 e. The largest absolute Gasteiger partial charge is 0.231 e. The molecule has 3 nitrogen and oxygen atoms in total. The van der Waals surface area contributed by atoms with Crippen LogP contribution in [0, 0.1) is 0 Å². The molecule has 0 aliphatic heterocycles. The molecule has 0 rings (SSSR count). The van der Waals surface area contributed by atoms with E-state index in [2.05, 4.69) is 17.2 Å². The second-order valence-corrected chi connectivity index (χ2v) is 2.01. The Kier molecular flexibility index (Phi) is 5.73. The lowest BCUT2D eigenvalue weighted by Crippen LogP contribution is -2.33. The van der Waals surface area contributed by atoms with E-state index in [1.54, 1.807) is 0 Å². The summed E-state index contributed by atoms with van der Waals surface area (Å²) in [5, 5.41) is -0.857. The molecule has 0 bridgehead atoms. The van der Waals surface area contributed by atoms with Crippen LogP contribution in [0.4, 0.5) is 17.9 Å². The van der Waals surface area contributed by atoms with Crippen molar-refractivity contribution in [1.82, 2.24) is 10.7 Å². The van der Waals surface area contributed by atoms with Gasteiger partial charge in [0.1, 0.15) is 6.04 Å². The van der Waals surface area contributed by atoms with Gasteiger partial charge in [0.05, 0.1) is 18.3 Å².